The van der Waals surface area contributed by atoms with E-state index in [1.54, 1.807) is 67.6 Å². The summed E-state index contributed by atoms with van der Waals surface area (Å²) in [6.07, 6.45) is 0. The predicted molar refractivity (Wildman–Crippen MR) is 135 cm³/mol. The Morgan fingerprint density at radius 1 is 0.771 bits per heavy atom. The van der Waals surface area contributed by atoms with Gasteiger partial charge in [0.1, 0.15) is 16.5 Å². The van der Waals surface area contributed by atoms with Gasteiger partial charge < -0.3 is 0 Å². The molecule has 5 nitrogen and oxygen atoms in total. The van der Waals surface area contributed by atoms with Crippen LogP contribution >= 0.6 is 23.2 Å². The first-order chi connectivity index (χ1) is 16.7. The third kappa shape index (κ3) is 3.93. The molecule has 1 aliphatic heterocycles. The number of hydrogen-bond donors (Lipinski definition) is 0. The zero-order valence-corrected chi connectivity index (χ0v) is 20.7. The Hall–Kier alpha value is -3.13. The highest BCUT2D eigenvalue weighted by molar-refractivity contribution is 7.92. The number of rotatable bonds is 4. The lowest BCUT2D eigenvalue weighted by molar-refractivity contribution is 0.524. The van der Waals surface area contributed by atoms with Crippen molar-refractivity contribution in [2.45, 2.75) is 23.9 Å². The van der Waals surface area contributed by atoms with Crippen molar-refractivity contribution in [3.63, 3.8) is 0 Å². The van der Waals surface area contributed by atoms with Gasteiger partial charge in [0, 0.05) is 15.6 Å². The minimum absolute atomic E-state index is 0.142. The Labute approximate surface area is 212 Å². The van der Waals surface area contributed by atoms with E-state index in [4.69, 9.17) is 23.2 Å². The Balaban J connectivity index is 1.85. The van der Waals surface area contributed by atoms with Crippen LogP contribution in [0.5, 0.6) is 0 Å². The number of benzene rings is 3. The summed E-state index contributed by atoms with van der Waals surface area (Å²) in [5.74, 6) is -0.734. The summed E-state index contributed by atoms with van der Waals surface area (Å²) in [4.78, 5) is 13.0. The maximum absolute atomic E-state index is 14.8. The molecule has 1 aromatic heterocycles. The van der Waals surface area contributed by atoms with Crippen LogP contribution in [0.25, 0.3) is 0 Å². The zero-order chi connectivity index (χ0) is 24.9. The third-order valence-electron chi connectivity index (χ3n) is 6.14. The number of hydrogen-bond acceptors (Lipinski definition) is 3. The molecule has 9 heteroatoms. The number of sulfonamides is 1. The molecule has 0 bridgehead atoms. The molecule has 0 fully saturated rings. The van der Waals surface area contributed by atoms with Gasteiger partial charge in [-0.1, -0.05) is 65.7 Å². The first-order valence-electron chi connectivity index (χ1n) is 10.7. The normalized spacial score (nSPS) is 17.4. The van der Waals surface area contributed by atoms with Crippen LogP contribution in [0.15, 0.2) is 94.6 Å². The van der Waals surface area contributed by atoms with Crippen molar-refractivity contribution < 1.29 is 12.8 Å². The quantitative estimate of drug-likeness (QED) is 0.319. The standard InChI is InChI=1S/C26H19Cl2FN2O3S/c1-16-6-15-23-30(26(16)32)24(17-7-11-19(27)12-8-17)25(18-9-13-20(28)14-10-18)31(23)35(33,34)22-5-3-2-4-21(22)29/h2-15,24-25H,1H3. The summed E-state index contributed by atoms with van der Waals surface area (Å²) in [5.41, 5.74) is 1.38. The average Bonchev–Trinajstić information content (AvgIpc) is 3.19. The first kappa shape index (κ1) is 23.6. The van der Waals surface area contributed by atoms with Gasteiger partial charge in [0.25, 0.3) is 15.6 Å². The molecule has 0 N–H and O–H groups in total. The Bertz CT molecular complexity index is 1590. The van der Waals surface area contributed by atoms with Crippen LogP contribution in [0.2, 0.25) is 10.0 Å². The minimum Gasteiger partial charge on any atom is -0.284 e. The molecule has 178 valence electrons. The largest absolute Gasteiger partial charge is 0.284 e. The van der Waals surface area contributed by atoms with Gasteiger partial charge in [-0.3, -0.25) is 9.36 Å². The third-order valence-corrected chi connectivity index (χ3v) is 8.46. The molecule has 0 amide bonds. The van der Waals surface area contributed by atoms with Crippen molar-refractivity contribution in [3.05, 3.63) is 128 Å². The van der Waals surface area contributed by atoms with Gasteiger partial charge in [0.05, 0.1) is 12.1 Å². The van der Waals surface area contributed by atoms with E-state index in [0.717, 1.165) is 10.4 Å². The second kappa shape index (κ2) is 8.82. The maximum atomic E-state index is 14.8. The van der Waals surface area contributed by atoms with Crippen LogP contribution in [-0.2, 0) is 10.0 Å². The minimum atomic E-state index is -4.43. The molecule has 5 rings (SSSR count). The number of halogens is 3. The molecule has 0 saturated carbocycles. The van der Waals surface area contributed by atoms with Crippen molar-refractivity contribution in [2.24, 2.45) is 0 Å². The molecule has 0 spiro atoms. The second-order valence-electron chi connectivity index (χ2n) is 8.27. The van der Waals surface area contributed by atoms with E-state index in [9.17, 15) is 17.6 Å². The highest BCUT2D eigenvalue weighted by Crippen LogP contribution is 2.49. The van der Waals surface area contributed by atoms with Crippen molar-refractivity contribution in [2.75, 3.05) is 4.31 Å². The highest BCUT2D eigenvalue weighted by atomic mass is 35.5. The van der Waals surface area contributed by atoms with E-state index in [1.807, 2.05) is 0 Å². The summed E-state index contributed by atoms with van der Waals surface area (Å²) in [6.45, 7) is 1.67. The van der Waals surface area contributed by atoms with Crippen molar-refractivity contribution in [3.8, 4) is 0 Å². The van der Waals surface area contributed by atoms with Crippen LogP contribution in [0.1, 0.15) is 28.8 Å². The summed E-state index contributed by atoms with van der Waals surface area (Å²) >= 11 is 12.2. The lowest BCUT2D eigenvalue weighted by Gasteiger charge is -2.29. The lowest BCUT2D eigenvalue weighted by Crippen LogP contribution is -2.34. The zero-order valence-electron chi connectivity index (χ0n) is 18.4. The van der Waals surface area contributed by atoms with Crippen LogP contribution in [-0.4, -0.2) is 13.0 Å². The monoisotopic (exact) mass is 528 g/mol. The summed E-state index contributed by atoms with van der Waals surface area (Å²) in [7, 11) is -4.43. The van der Waals surface area contributed by atoms with Gasteiger partial charge in [0.15, 0.2) is 0 Å². The molecule has 0 aliphatic carbocycles. The number of pyridine rings is 1. The molecule has 2 unspecified atom stereocenters. The van der Waals surface area contributed by atoms with Gasteiger partial charge in [-0.15, -0.1) is 0 Å². The van der Waals surface area contributed by atoms with E-state index >= 15 is 0 Å². The average molecular weight is 529 g/mol. The Morgan fingerprint density at radius 2 is 1.31 bits per heavy atom. The summed E-state index contributed by atoms with van der Waals surface area (Å²) in [6, 6.07) is 20.3. The maximum Gasteiger partial charge on any atom is 0.269 e. The molecule has 4 aromatic rings. The van der Waals surface area contributed by atoms with Crippen molar-refractivity contribution in [1.29, 1.82) is 0 Å². The molecule has 1 aliphatic rings. The topological polar surface area (TPSA) is 59.4 Å². The van der Waals surface area contributed by atoms with Gasteiger partial charge in [0.2, 0.25) is 0 Å². The molecule has 3 aromatic carbocycles. The molecular formula is C26H19Cl2FN2O3S. The van der Waals surface area contributed by atoms with Crippen LogP contribution in [0, 0.1) is 12.7 Å². The van der Waals surface area contributed by atoms with Gasteiger partial charge in [-0.2, -0.15) is 0 Å². The molecular weight excluding hydrogens is 510 g/mol. The van der Waals surface area contributed by atoms with Crippen molar-refractivity contribution in [1.82, 2.24) is 4.57 Å². The highest BCUT2D eigenvalue weighted by Gasteiger charge is 2.47. The van der Waals surface area contributed by atoms with Crippen LogP contribution < -0.4 is 9.86 Å². The molecule has 0 saturated heterocycles. The molecule has 2 atom stereocenters. The smallest absolute Gasteiger partial charge is 0.269 e. The van der Waals surface area contributed by atoms with Crippen LogP contribution in [0.3, 0.4) is 0 Å². The predicted octanol–water partition coefficient (Wildman–Crippen LogP) is 6.14. The van der Waals surface area contributed by atoms with E-state index < -0.39 is 32.8 Å². The first-order valence-corrected chi connectivity index (χ1v) is 12.9. The number of nitrogens with zero attached hydrogens (tertiary/aromatic N) is 2. The Kier molecular flexibility index (Phi) is 5.95. The summed E-state index contributed by atoms with van der Waals surface area (Å²) < 4.78 is 45.4. The second-order valence-corrected chi connectivity index (χ2v) is 10.9. The van der Waals surface area contributed by atoms with E-state index in [2.05, 4.69) is 0 Å². The fourth-order valence-corrected chi connectivity index (χ4v) is 6.47. The number of aryl methyl sites for hydroxylation is 1. The molecule has 35 heavy (non-hydrogen) atoms. The van der Waals surface area contributed by atoms with Crippen LogP contribution in [0.4, 0.5) is 10.2 Å². The fraction of sp³-hybridized carbons (Fsp3) is 0.115. The van der Waals surface area contributed by atoms with E-state index in [-0.39, 0.29) is 11.4 Å². The van der Waals surface area contributed by atoms with Crippen molar-refractivity contribution >= 4 is 39.0 Å². The lowest BCUT2D eigenvalue weighted by atomic mass is 9.94. The van der Waals surface area contributed by atoms with Gasteiger partial charge in [-0.05, 0) is 60.5 Å². The molecule has 0 radical (unpaired) electrons. The SMILES string of the molecule is Cc1ccc2n(c1=O)C(c1ccc(Cl)cc1)C(c1ccc(Cl)cc1)N2S(=O)(=O)c1ccccc1F. The number of aromatic nitrogens is 1. The summed E-state index contributed by atoms with van der Waals surface area (Å²) in [5, 5.41) is 0.978. The Morgan fingerprint density at radius 3 is 1.89 bits per heavy atom. The number of anilines is 1. The molecule has 2 heterocycles. The van der Waals surface area contributed by atoms with Gasteiger partial charge >= 0.3 is 0 Å². The number of fused-ring (bicyclic) bond motifs is 1. The van der Waals surface area contributed by atoms with Gasteiger partial charge in [-0.25, -0.2) is 17.1 Å². The fourth-order valence-electron chi connectivity index (χ4n) is 4.51. The van der Waals surface area contributed by atoms with E-state index in [0.29, 0.717) is 26.7 Å². The van der Waals surface area contributed by atoms with E-state index in [1.165, 1.54) is 22.8 Å².